The summed E-state index contributed by atoms with van der Waals surface area (Å²) in [7, 11) is 1.94. The van der Waals surface area contributed by atoms with E-state index in [0.717, 1.165) is 66.4 Å². The summed E-state index contributed by atoms with van der Waals surface area (Å²) < 4.78 is 5.44. The number of rotatable bonds is 3. The van der Waals surface area contributed by atoms with Crippen molar-refractivity contribution in [3.63, 3.8) is 0 Å². The van der Waals surface area contributed by atoms with E-state index in [1.807, 2.05) is 24.3 Å². The Morgan fingerprint density at radius 1 is 1.15 bits per heavy atom. The summed E-state index contributed by atoms with van der Waals surface area (Å²) in [6, 6.07) is 10.5. The van der Waals surface area contributed by atoms with Gasteiger partial charge in [-0.05, 0) is 29.8 Å². The van der Waals surface area contributed by atoms with Crippen LogP contribution < -0.4 is 4.90 Å². The van der Waals surface area contributed by atoms with Gasteiger partial charge in [-0.25, -0.2) is 4.98 Å². The van der Waals surface area contributed by atoms with Crippen LogP contribution in [0.15, 0.2) is 46.9 Å². The number of anilines is 1. The highest BCUT2D eigenvalue weighted by Crippen LogP contribution is 2.32. The van der Waals surface area contributed by atoms with Gasteiger partial charge in [-0.3, -0.25) is 10.1 Å². The second-order valence-electron chi connectivity index (χ2n) is 6.94. The van der Waals surface area contributed by atoms with Crippen molar-refractivity contribution in [2.75, 3.05) is 44.8 Å². The van der Waals surface area contributed by atoms with Crippen LogP contribution in [0.1, 0.15) is 11.6 Å². The number of pyridine rings is 1. The Balaban J connectivity index is 1.52. The van der Waals surface area contributed by atoms with E-state index in [-0.39, 0.29) is 6.04 Å². The highest BCUT2D eigenvalue weighted by molar-refractivity contribution is 5.93. The van der Waals surface area contributed by atoms with Crippen LogP contribution in [0.4, 0.5) is 5.82 Å². The van der Waals surface area contributed by atoms with Crippen molar-refractivity contribution < 1.29 is 4.74 Å². The topological polar surface area (TPSA) is 82.0 Å². The number of fused-ring (bicyclic) bond motifs is 1. The predicted octanol–water partition coefficient (Wildman–Crippen LogP) is 2.82. The molecular formula is C19H21N7O. The molecule has 3 aromatic rings. The SMILES string of the molecule is CN1CC(c2ccc3[nH]nc(-c4ccnc(N5CCOCC5)c4)c3c2)N=N1. The van der Waals surface area contributed by atoms with Crippen LogP contribution in [0.2, 0.25) is 0 Å². The number of morpholine rings is 1. The number of aromatic amines is 1. The van der Waals surface area contributed by atoms with E-state index in [0.29, 0.717) is 0 Å². The first-order valence-corrected chi connectivity index (χ1v) is 9.17. The number of aromatic nitrogens is 3. The fourth-order valence-corrected chi connectivity index (χ4v) is 3.64. The van der Waals surface area contributed by atoms with Crippen molar-refractivity contribution >= 4 is 16.7 Å². The van der Waals surface area contributed by atoms with Crippen molar-refractivity contribution in [2.24, 2.45) is 10.3 Å². The first-order valence-electron chi connectivity index (χ1n) is 9.17. The van der Waals surface area contributed by atoms with Crippen molar-refractivity contribution in [1.82, 2.24) is 20.2 Å². The van der Waals surface area contributed by atoms with Gasteiger partial charge in [-0.1, -0.05) is 11.3 Å². The van der Waals surface area contributed by atoms with Gasteiger partial charge in [0.1, 0.15) is 17.6 Å². The highest BCUT2D eigenvalue weighted by atomic mass is 16.5. The number of benzene rings is 1. The van der Waals surface area contributed by atoms with E-state index in [1.165, 1.54) is 0 Å². The van der Waals surface area contributed by atoms with E-state index in [9.17, 15) is 0 Å². The Bertz CT molecular complexity index is 993. The molecule has 8 heteroatoms. The van der Waals surface area contributed by atoms with Crippen LogP contribution in [0.5, 0.6) is 0 Å². The number of hydrogen-bond acceptors (Lipinski definition) is 7. The maximum Gasteiger partial charge on any atom is 0.129 e. The third kappa shape index (κ3) is 3.02. The standard InChI is InChI=1S/C19H21N7O/c1-25-12-17(22-24-25)13-2-3-16-15(10-13)19(23-21-16)14-4-5-20-18(11-14)26-6-8-27-9-7-26/h2-5,10-11,17H,6-9,12H2,1H3,(H,21,23). The molecule has 2 aliphatic heterocycles. The molecule has 0 saturated carbocycles. The number of ether oxygens (including phenoxy) is 1. The number of H-pyrrole nitrogens is 1. The molecule has 1 atom stereocenters. The predicted molar refractivity (Wildman–Crippen MR) is 103 cm³/mol. The van der Waals surface area contributed by atoms with Gasteiger partial charge in [-0.2, -0.15) is 10.2 Å². The van der Waals surface area contributed by atoms with Crippen molar-refractivity contribution in [1.29, 1.82) is 0 Å². The summed E-state index contributed by atoms with van der Waals surface area (Å²) in [6.45, 7) is 4.01. The van der Waals surface area contributed by atoms with Crippen LogP contribution in [0, 0.1) is 0 Å². The molecule has 27 heavy (non-hydrogen) atoms. The number of nitrogens with one attached hydrogen (secondary N) is 1. The molecule has 5 rings (SSSR count). The smallest absolute Gasteiger partial charge is 0.129 e. The van der Waals surface area contributed by atoms with Gasteiger partial charge in [-0.15, -0.1) is 0 Å². The molecule has 0 radical (unpaired) electrons. The molecule has 1 N–H and O–H groups in total. The zero-order chi connectivity index (χ0) is 18.2. The molecule has 1 fully saturated rings. The Morgan fingerprint density at radius 3 is 2.85 bits per heavy atom. The lowest BCUT2D eigenvalue weighted by Gasteiger charge is -2.27. The Hall–Kier alpha value is -3.00. The molecule has 2 aliphatic rings. The van der Waals surface area contributed by atoms with Gasteiger partial charge in [0.15, 0.2) is 0 Å². The molecule has 0 spiro atoms. The molecule has 0 amide bonds. The summed E-state index contributed by atoms with van der Waals surface area (Å²) in [4.78, 5) is 6.79. The average molecular weight is 363 g/mol. The molecule has 1 saturated heterocycles. The second-order valence-corrected chi connectivity index (χ2v) is 6.94. The minimum atomic E-state index is 0.0727. The van der Waals surface area contributed by atoms with Crippen molar-refractivity contribution in [3.05, 3.63) is 42.1 Å². The number of likely N-dealkylation sites (N-methyl/N-ethyl adjacent to an activating group) is 1. The Morgan fingerprint density at radius 2 is 2.04 bits per heavy atom. The summed E-state index contributed by atoms with van der Waals surface area (Å²) in [5.74, 6) is 0.967. The van der Waals surface area contributed by atoms with Gasteiger partial charge in [0.2, 0.25) is 0 Å². The normalized spacial score (nSPS) is 20.0. The molecule has 1 unspecified atom stereocenters. The lowest BCUT2D eigenvalue weighted by atomic mass is 10.0. The molecular weight excluding hydrogens is 342 g/mol. The maximum atomic E-state index is 5.44. The van der Waals surface area contributed by atoms with Gasteiger partial charge < -0.3 is 9.64 Å². The zero-order valence-corrected chi connectivity index (χ0v) is 15.2. The van der Waals surface area contributed by atoms with Gasteiger partial charge in [0.05, 0.1) is 25.3 Å². The molecule has 0 bridgehead atoms. The Kier molecular flexibility index (Phi) is 3.97. The largest absolute Gasteiger partial charge is 0.378 e. The lowest BCUT2D eigenvalue weighted by molar-refractivity contribution is 0.122. The fourth-order valence-electron chi connectivity index (χ4n) is 3.64. The van der Waals surface area contributed by atoms with Gasteiger partial charge >= 0.3 is 0 Å². The number of hydrogen-bond donors (Lipinski definition) is 1. The van der Waals surface area contributed by atoms with Crippen LogP contribution in [-0.2, 0) is 4.74 Å². The molecule has 138 valence electrons. The first kappa shape index (κ1) is 16.2. The quantitative estimate of drug-likeness (QED) is 0.774. The maximum absolute atomic E-state index is 5.44. The van der Waals surface area contributed by atoms with E-state index in [1.54, 1.807) is 0 Å². The van der Waals surface area contributed by atoms with E-state index in [4.69, 9.17) is 4.74 Å². The average Bonchev–Trinajstić information content (AvgIpc) is 3.34. The highest BCUT2D eigenvalue weighted by Gasteiger charge is 2.20. The molecule has 2 aromatic heterocycles. The molecule has 1 aromatic carbocycles. The van der Waals surface area contributed by atoms with Crippen LogP contribution in [0.25, 0.3) is 22.2 Å². The first-order chi connectivity index (χ1) is 13.3. The van der Waals surface area contributed by atoms with E-state index < -0.39 is 0 Å². The number of nitrogens with zero attached hydrogens (tertiary/aromatic N) is 6. The summed E-state index contributed by atoms with van der Waals surface area (Å²) in [6.07, 6.45) is 1.85. The van der Waals surface area contributed by atoms with Crippen molar-refractivity contribution in [2.45, 2.75) is 6.04 Å². The van der Waals surface area contributed by atoms with E-state index in [2.05, 4.69) is 54.7 Å². The lowest BCUT2D eigenvalue weighted by Crippen LogP contribution is -2.36. The summed E-state index contributed by atoms with van der Waals surface area (Å²) in [5.41, 5.74) is 4.16. The fraction of sp³-hybridized carbons (Fsp3) is 0.368. The van der Waals surface area contributed by atoms with Gasteiger partial charge in [0.25, 0.3) is 0 Å². The third-order valence-electron chi connectivity index (χ3n) is 5.11. The summed E-state index contributed by atoms with van der Waals surface area (Å²) in [5, 5.41) is 19.1. The monoisotopic (exact) mass is 363 g/mol. The van der Waals surface area contributed by atoms with Gasteiger partial charge in [0, 0.05) is 37.3 Å². The third-order valence-corrected chi connectivity index (χ3v) is 5.11. The van der Waals surface area contributed by atoms with Crippen LogP contribution >= 0.6 is 0 Å². The summed E-state index contributed by atoms with van der Waals surface area (Å²) >= 11 is 0. The molecule has 4 heterocycles. The second kappa shape index (κ2) is 6.62. The zero-order valence-electron chi connectivity index (χ0n) is 15.2. The molecule has 0 aliphatic carbocycles. The van der Waals surface area contributed by atoms with Crippen LogP contribution in [-0.4, -0.2) is 60.1 Å². The van der Waals surface area contributed by atoms with E-state index >= 15 is 0 Å². The molecule has 8 nitrogen and oxygen atoms in total. The van der Waals surface area contributed by atoms with Crippen molar-refractivity contribution in [3.8, 4) is 11.3 Å². The minimum absolute atomic E-state index is 0.0727. The minimum Gasteiger partial charge on any atom is -0.378 e. The Labute approximate surface area is 156 Å². The van der Waals surface area contributed by atoms with Crippen LogP contribution in [0.3, 0.4) is 0 Å².